The maximum atomic E-state index is 11.8. The van der Waals surface area contributed by atoms with E-state index >= 15 is 0 Å². The molecule has 3 N–H and O–H groups in total. The summed E-state index contributed by atoms with van der Waals surface area (Å²) in [5, 5.41) is 2.54. The Balaban J connectivity index is 2.41. The third-order valence-electron chi connectivity index (χ3n) is 3.17. The second-order valence-corrected chi connectivity index (χ2v) is 4.44. The molecular weight excluding hydrogens is 232 g/mol. The molecule has 1 aliphatic carbocycles. The molecule has 1 aliphatic rings. The third-order valence-corrected chi connectivity index (χ3v) is 3.17. The van der Waals surface area contributed by atoms with Gasteiger partial charge in [0.1, 0.15) is 5.78 Å². The van der Waals surface area contributed by atoms with Gasteiger partial charge in [-0.2, -0.15) is 0 Å². The fraction of sp³-hybridized carbons (Fsp3) is 0.692. The second kappa shape index (κ2) is 7.87. The second-order valence-electron chi connectivity index (χ2n) is 4.44. The van der Waals surface area contributed by atoms with Gasteiger partial charge in [-0.3, -0.25) is 4.79 Å². The number of hydrogen-bond donors (Lipinski definition) is 2. The third kappa shape index (κ3) is 4.49. The molecule has 0 aliphatic heterocycles. The molecule has 0 aromatic heterocycles. The van der Waals surface area contributed by atoms with Crippen LogP contribution in [-0.4, -0.2) is 31.6 Å². The summed E-state index contributed by atoms with van der Waals surface area (Å²) in [6.07, 6.45) is 5.70. The summed E-state index contributed by atoms with van der Waals surface area (Å²) >= 11 is 0. The first kappa shape index (κ1) is 14.7. The molecule has 0 aromatic carbocycles. The van der Waals surface area contributed by atoms with Crippen molar-refractivity contribution < 1.29 is 14.3 Å². The van der Waals surface area contributed by atoms with E-state index in [1.165, 1.54) is 0 Å². The number of hydrogen-bond acceptors (Lipinski definition) is 4. The molecule has 18 heavy (non-hydrogen) atoms. The molecule has 0 spiro atoms. The largest absolute Gasteiger partial charge is 0.449 e. The van der Waals surface area contributed by atoms with Gasteiger partial charge in [0.25, 0.3) is 0 Å². The van der Waals surface area contributed by atoms with Gasteiger partial charge in [0, 0.05) is 31.3 Å². The van der Waals surface area contributed by atoms with Crippen LogP contribution in [-0.2, 0) is 9.53 Å². The van der Waals surface area contributed by atoms with Crippen LogP contribution < -0.4 is 11.1 Å². The van der Waals surface area contributed by atoms with Crippen LogP contribution in [0.2, 0.25) is 0 Å². The van der Waals surface area contributed by atoms with Gasteiger partial charge in [0.15, 0.2) is 0 Å². The molecule has 5 heteroatoms. The Kier molecular flexibility index (Phi) is 6.43. The first-order chi connectivity index (χ1) is 8.69. The number of nitrogens with two attached hydrogens (primary N) is 1. The number of allylic oxidation sites excluding steroid dienone is 2. The average molecular weight is 254 g/mol. The molecule has 0 saturated heterocycles. The highest BCUT2D eigenvalue weighted by molar-refractivity contribution is 5.81. The van der Waals surface area contributed by atoms with Crippen molar-refractivity contribution in [1.29, 1.82) is 0 Å². The molecule has 102 valence electrons. The number of rotatable bonds is 6. The van der Waals surface area contributed by atoms with Gasteiger partial charge >= 0.3 is 6.09 Å². The van der Waals surface area contributed by atoms with E-state index in [1.807, 2.05) is 19.1 Å². The fourth-order valence-corrected chi connectivity index (χ4v) is 2.12. The van der Waals surface area contributed by atoms with Crippen molar-refractivity contribution in [3.05, 3.63) is 12.2 Å². The molecule has 2 unspecified atom stereocenters. The highest BCUT2D eigenvalue weighted by atomic mass is 16.5. The van der Waals surface area contributed by atoms with Crippen LogP contribution in [0.4, 0.5) is 4.79 Å². The minimum Gasteiger partial charge on any atom is -0.449 e. The Bertz CT molecular complexity index is 315. The highest BCUT2D eigenvalue weighted by Crippen LogP contribution is 2.27. The maximum Gasteiger partial charge on any atom is 0.407 e. The van der Waals surface area contributed by atoms with Crippen molar-refractivity contribution in [2.45, 2.75) is 26.2 Å². The molecule has 0 saturated carbocycles. The van der Waals surface area contributed by atoms with Crippen LogP contribution in [0.1, 0.15) is 26.2 Å². The Morgan fingerprint density at radius 3 is 2.78 bits per heavy atom. The van der Waals surface area contributed by atoms with Gasteiger partial charge in [-0.15, -0.1) is 0 Å². The lowest BCUT2D eigenvalue weighted by atomic mass is 9.80. The lowest BCUT2D eigenvalue weighted by molar-refractivity contribution is -0.124. The van der Waals surface area contributed by atoms with E-state index in [1.54, 1.807) is 0 Å². The quantitative estimate of drug-likeness (QED) is 0.699. The fourth-order valence-electron chi connectivity index (χ4n) is 2.12. The van der Waals surface area contributed by atoms with Crippen molar-refractivity contribution in [3.8, 4) is 0 Å². The SMILES string of the molecule is CCC(=O)C1CC=CCC1COC(=O)NCCN. The molecule has 0 radical (unpaired) electrons. The normalized spacial score (nSPS) is 22.6. The zero-order valence-electron chi connectivity index (χ0n) is 10.9. The number of Topliss-reactive ketones (excluding diaryl/α,β-unsaturated/α-hetero) is 1. The van der Waals surface area contributed by atoms with Crippen LogP contribution in [0.15, 0.2) is 12.2 Å². The summed E-state index contributed by atoms with van der Waals surface area (Å²) in [7, 11) is 0. The molecular formula is C13H22N2O3. The zero-order chi connectivity index (χ0) is 13.4. The topological polar surface area (TPSA) is 81.4 Å². The number of amides is 1. The average Bonchev–Trinajstić information content (AvgIpc) is 2.42. The van der Waals surface area contributed by atoms with Gasteiger partial charge in [-0.25, -0.2) is 4.79 Å². The molecule has 1 rings (SSSR count). The smallest absolute Gasteiger partial charge is 0.407 e. The Morgan fingerprint density at radius 2 is 2.11 bits per heavy atom. The summed E-state index contributed by atoms with van der Waals surface area (Å²) < 4.78 is 5.12. The van der Waals surface area contributed by atoms with Crippen LogP contribution in [0.3, 0.4) is 0 Å². The molecule has 0 heterocycles. The number of alkyl carbamates (subject to hydrolysis) is 1. The summed E-state index contributed by atoms with van der Waals surface area (Å²) in [5.41, 5.74) is 5.27. The molecule has 0 fully saturated rings. The van der Waals surface area contributed by atoms with E-state index < -0.39 is 6.09 Å². The van der Waals surface area contributed by atoms with Crippen molar-refractivity contribution >= 4 is 11.9 Å². The first-order valence-electron chi connectivity index (χ1n) is 6.47. The molecule has 5 nitrogen and oxygen atoms in total. The Labute approximate surface area is 108 Å². The van der Waals surface area contributed by atoms with E-state index in [2.05, 4.69) is 5.32 Å². The van der Waals surface area contributed by atoms with E-state index in [0.717, 1.165) is 12.8 Å². The molecule has 0 bridgehead atoms. The summed E-state index contributed by atoms with van der Waals surface area (Å²) in [6.45, 7) is 2.95. The number of carbonyl (C=O) groups is 2. The van der Waals surface area contributed by atoms with Crippen LogP contribution in [0.25, 0.3) is 0 Å². The van der Waals surface area contributed by atoms with Crippen molar-refractivity contribution in [2.24, 2.45) is 17.6 Å². The Morgan fingerprint density at radius 1 is 1.39 bits per heavy atom. The van der Waals surface area contributed by atoms with E-state index in [4.69, 9.17) is 10.5 Å². The standard InChI is InChI=1S/C13H22N2O3/c1-2-12(16)11-6-4-3-5-10(11)9-18-13(17)15-8-7-14/h3-4,10-11H,2,5-9,14H2,1H3,(H,15,17). The molecule has 0 aromatic rings. The minimum absolute atomic E-state index is 0.0118. The predicted octanol–water partition coefficient (Wildman–Crippen LogP) is 1.23. The number of ether oxygens (including phenoxy) is 1. The van der Waals surface area contributed by atoms with Crippen molar-refractivity contribution in [2.75, 3.05) is 19.7 Å². The number of carbonyl (C=O) groups excluding carboxylic acids is 2. The van der Waals surface area contributed by atoms with Crippen LogP contribution in [0.5, 0.6) is 0 Å². The lowest BCUT2D eigenvalue weighted by Gasteiger charge is -2.26. The minimum atomic E-state index is -0.460. The number of ketones is 1. The van der Waals surface area contributed by atoms with Gasteiger partial charge < -0.3 is 15.8 Å². The summed E-state index contributed by atoms with van der Waals surface area (Å²) in [5.74, 6) is 0.337. The van der Waals surface area contributed by atoms with Gasteiger partial charge in [0.2, 0.25) is 0 Å². The lowest BCUT2D eigenvalue weighted by Crippen LogP contribution is -2.34. The van der Waals surface area contributed by atoms with Gasteiger partial charge in [-0.1, -0.05) is 19.1 Å². The first-order valence-corrected chi connectivity index (χ1v) is 6.47. The highest BCUT2D eigenvalue weighted by Gasteiger charge is 2.28. The van der Waals surface area contributed by atoms with Gasteiger partial charge in [0.05, 0.1) is 6.61 Å². The number of nitrogens with one attached hydrogen (secondary N) is 1. The summed E-state index contributed by atoms with van der Waals surface area (Å²) in [4.78, 5) is 23.1. The summed E-state index contributed by atoms with van der Waals surface area (Å²) in [6, 6.07) is 0. The monoisotopic (exact) mass is 254 g/mol. The molecule has 1 amide bonds. The van der Waals surface area contributed by atoms with Crippen LogP contribution in [0, 0.1) is 11.8 Å². The zero-order valence-corrected chi connectivity index (χ0v) is 10.9. The Hall–Kier alpha value is -1.36. The van der Waals surface area contributed by atoms with Gasteiger partial charge in [-0.05, 0) is 12.8 Å². The predicted molar refractivity (Wildman–Crippen MR) is 69.1 cm³/mol. The van der Waals surface area contributed by atoms with E-state index in [9.17, 15) is 9.59 Å². The van der Waals surface area contributed by atoms with Crippen molar-refractivity contribution in [1.82, 2.24) is 5.32 Å². The maximum absolute atomic E-state index is 11.8. The van der Waals surface area contributed by atoms with Crippen LogP contribution >= 0.6 is 0 Å². The van der Waals surface area contributed by atoms with E-state index in [-0.39, 0.29) is 24.2 Å². The molecule has 2 atom stereocenters. The van der Waals surface area contributed by atoms with Crippen molar-refractivity contribution in [3.63, 3.8) is 0 Å². The van der Waals surface area contributed by atoms with E-state index in [0.29, 0.717) is 19.5 Å².